The van der Waals surface area contributed by atoms with E-state index in [-0.39, 0.29) is 30.7 Å². The maximum Gasteiger partial charge on any atom is 0.220 e. The lowest BCUT2D eigenvalue weighted by molar-refractivity contribution is -0.120. The lowest BCUT2D eigenvalue weighted by Gasteiger charge is -2.36. The first kappa shape index (κ1) is 15.0. The quantitative estimate of drug-likeness (QED) is 0.688. The van der Waals surface area contributed by atoms with Crippen molar-refractivity contribution in [1.82, 2.24) is 10.6 Å². The zero-order valence-corrected chi connectivity index (χ0v) is 10.5. The van der Waals surface area contributed by atoms with Gasteiger partial charge in [0.15, 0.2) is 0 Å². The molecule has 0 bridgehead atoms. The van der Waals surface area contributed by atoms with E-state index in [0.29, 0.717) is 5.41 Å². The summed E-state index contributed by atoms with van der Waals surface area (Å²) in [6.45, 7) is 3.15. The molecule has 2 fully saturated rings. The molecular weight excluding hydrogens is 235 g/mol. The SMILES string of the molecule is Cl.Cl.O=C1CCC2(CCNCC2)CCN1. The Labute approximate surface area is 104 Å². The number of carbonyl (C=O) groups excluding carboxylic acids is 1. The van der Waals surface area contributed by atoms with Crippen LogP contribution in [0.2, 0.25) is 0 Å². The van der Waals surface area contributed by atoms with Gasteiger partial charge in [-0.25, -0.2) is 0 Å². The van der Waals surface area contributed by atoms with Crippen molar-refractivity contribution in [3.8, 4) is 0 Å². The standard InChI is InChI=1S/C10H18N2O.2ClH/c13-9-1-2-10(5-8-12-9)3-6-11-7-4-10;;/h11H,1-8H2,(H,12,13);2*1H. The molecule has 2 saturated heterocycles. The summed E-state index contributed by atoms with van der Waals surface area (Å²) in [5.74, 6) is 0.246. The van der Waals surface area contributed by atoms with Crippen molar-refractivity contribution in [2.75, 3.05) is 19.6 Å². The van der Waals surface area contributed by atoms with Gasteiger partial charge in [-0.2, -0.15) is 0 Å². The summed E-state index contributed by atoms with van der Waals surface area (Å²) < 4.78 is 0. The number of halogens is 2. The zero-order chi connectivity index (χ0) is 9.15. The molecule has 0 unspecified atom stereocenters. The summed E-state index contributed by atoms with van der Waals surface area (Å²) in [6.07, 6.45) is 5.52. The predicted octanol–water partition coefficient (Wildman–Crippen LogP) is 1.50. The minimum Gasteiger partial charge on any atom is -0.356 e. The van der Waals surface area contributed by atoms with Crippen LogP contribution in [0.3, 0.4) is 0 Å². The first-order valence-electron chi connectivity index (χ1n) is 5.28. The molecule has 0 radical (unpaired) electrons. The van der Waals surface area contributed by atoms with Gasteiger partial charge in [-0.1, -0.05) is 0 Å². The second kappa shape index (κ2) is 6.56. The zero-order valence-electron chi connectivity index (χ0n) is 8.88. The van der Waals surface area contributed by atoms with Crippen molar-refractivity contribution in [1.29, 1.82) is 0 Å². The Morgan fingerprint density at radius 1 is 0.933 bits per heavy atom. The number of amides is 1. The Morgan fingerprint density at radius 2 is 1.53 bits per heavy atom. The molecule has 90 valence electrons. The van der Waals surface area contributed by atoms with Crippen LogP contribution in [0.5, 0.6) is 0 Å². The minimum absolute atomic E-state index is 0. The molecule has 0 aromatic heterocycles. The van der Waals surface area contributed by atoms with Crippen molar-refractivity contribution >= 4 is 30.7 Å². The van der Waals surface area contributed by atoms with Gasteiger partial charge >= 0.3 is 0 Å². The molecule has 15 heavy (non-hydrogen) atoms. The van der Waals surface area contributed by atoms with Crippen LogP contribution < -0.4 is 10.6 Å². The molecule has 5 heteroatoms. The predicted molar refractivity (Wildman–Crippen MR) is 65.9 cm³/mol. The van der Waals surface area contributed by atoms with Crippen LogP contribution in [0.1, 0.15) is 32.1 Å². The van der Waals surface area contributed by atoms with Crippen molar-refractivity contribution in [2.24, 2.45) is 5.41 Å². The van der Waals surface area contributed by atoms with Crippen LogP contribution in [0.25, 0.3) is 0 Å². The molecule has 0 atom stereocenters. The van der Waals surface area contributed by atoms with E-state index in [1.54, 1.807) is 0 Å². The molecule has 0 aromatic rings. The van der Waals surface area contributed by atoms with Gasteiger partial charge < -0.3 is 10.6 Å². The molecule has 2 aliphatic heterocycles. The molecule has 2 rings (SSSR count). The van der Waals surface area contributed by atoms with E-state index in [1.165, 1.54) is 19.3 Å². The third-order valence-corrected chi connectivity index (χ3v) is 3.52. The second-order valence-corrected chi connectivity index (χ2v) is 4.35. The monoisotopic (exact) mass is 254 g/mol. The third kappa shape index (κ3) is 3.82. The normalized spacial score (nSPS) is 24.4. The lowest BCUT2D eigenvalue weighted by atomic mass is 9.73. The molecule has 0 aliphatic carbocycles. The van der Waals surface area contributed by atoms with Crippen molar-refractivity contribution in [3.05, 3.63) is 0 Å². The fraction of sp³-hybridized carbons (Fsp3) is 0.900. The number of hydrogen-bond donors (Lipinski definition) is 2. The number of nitrogens with one attached hydrogen (secondary N) is 2. The molecule has 0 saturated carbocycles. The van der Waals surface area contributed by atoms with E-state index >= 15 is 0 Å². The third-order valence-electron chi connectivity index (χ3n) is 3.52. The molecule has 1 amide bonds. The number of hydrogen-bond acceptors (Lipinski definition) is 2. The van der Waals surface area contributed by atoms with Gasteiger partial charge in [-0.3, -0.25) is 4.79 Å². The highest BCUT2D eigenvalue weighted by Gasteiger charge is 2.33. The highest BCUT2D eigenvalue weighted by molar-refractivity contribution is 5.85. The minimum atomic E-state index is 0. The fourth-order valence-electron chi connectivity index (χ4n) is 2.52. The van der Waals surface area contributed by atoms with E-state index in [4.69, 9.17) is 0 Å². The topological polar surface area (TPSA) is 41.1 Å². The van der Waals surface area contributed by atoms with Crippen LogP contribution in [-0.2, 0) is 4.79 Å². The molecule has 0 aromatic carbocycles. The van der Waals surface area contributed by atoms with E-state index in [1.807, 2.05) is 0 Å². The highest BCUT2D eigenvalue weighted by Crippen LogP contribution is 2.38. The highest BCUT2D eigenvalue weighted by atomic mass is 35.5. The van der Waals surface area contributed by atoms with Crippen LogP contribution in [0, 0.1) is 5.41 Å². The summed E-state index contributed by atoms with van der Waals surface area (Å²) in [6, 6.07) is 0. The van der Waals surface area contributed by atoms with Gasteiger partial charge in [0, 0.05) is 13.0 Å². The number of carbonyl (C=O) groups is 1. The van der Waals surface area contributed by atoms with Crippen LogP contribution in [0.4, 0.5) is 0 Å². The summed E-state index contributed by atoms with van der Waals surface area (Å²) in [7, 11) is 0. The fourth-order valence-corrected chi connectivity index (χ4v) is 2.52. The van der Waals surface area contributed by atoms with Gasteiger partial charge in [-0.05, 0) is 44.2 Å². The molecule has 2 heterocycles. The van der Waals surface area contributed by atoms with Crippen molar-refractivity contribution in [3.63, 3.8) is 0 Å². The lowest BCUT2D eigenvalue weighted by Crippen LogP contribution is -2.37. The largest absolute Gasteiger partial charge is 0.356 e. The van der Waals surface area contributed by atoms with Gasteiger partial charge in [-0.15, -0.1) is 24.8 Å². The molecular formula is C10H20Cl2N2O. The second-order valence-electron chi connectivity index (χ2n) is 4.35. The van der Waals surface area contributed by atoms with Crippen LogP contribution in [0.15, 0.2) is 0 Å². The maximum absolute atomic E-state index is 11.2. The summed E-state index contributed by atoms with van der Waals surface area (Å²) >= 11 is 0. The summed E-state index contributed by atoms with van der Waals surface area (Å²) in [4.78, 5) is 11.2. The van der Waals surface area contributed by atoms with Gasteiger partial charge in [0.1, 0.15) is 0 Å². The van der Waals surface area contributed by atoms with Crippen molar-refractivity contribution in [2.45, 2.75) is 32.1 Å². The first-order chi connectivity index (χ1) is 6.31. The van der Waals surface area contributed by atoms with E-state index in [2.05, 4.69) is 10.6 Å². The molecule has 2 N–H and O–H groups in total. The first-order valence-corrected chi connectivity index (χ1v) is 5.28. The molecule has 1 spiro atoms. The number of piperidine rings is 1. The van der Waals surface area contributed by atoms with Gasteiger partial charge in [0.2, 0.25) is 5.91 Å². The molecule has 3 nitrogen and oxygen atoms in total. The van der Waals surface area contributed by atoms with Crippen LogP contribution >= 0.6 is 24.8 Å². The smallest absolute Gasteiger partial charge is 0.220 e. The Bertz CT molecular complexity index is 206. The van der Waals surface area contributed by atoms with Gasteiger partial charge in [0.05, 0.1) is 0 Å². The summed E-state index contributed by atoms with van der Waals surface area (Å²) in [5, 5.41) is 6.34. The number of rotatable bonds is 0. The van der Waals surface area contributed by atoms with Crippen molar-refractivity contribution < 1.29 is 4.79 Å². The average Bonchev–Trinajstić information content (AvgIpc) is 2.32. The Hall–Kier alpha value is 0.01000. The molecule has 2 aliphatic rings. The maximum atomic E-state index is 11.2. The van der Waals surface area contributed by atoms with Gasteiger partial charge in [0.25, 0.3) is 0 Å². The van der Waals surface area contributed by atoms with E-state index in [0.717, 1.165) is 32.5 Å². The average molecular weight is 255 g/mol. The Balaban J connectivity index is 0.000000980. The van der Waals surface area contributed by atoms with E-state index in [9.17, 15) is 4.79 Å². The van der Waals surface area contributed by atoms with E-state index < -0.39 is 0 Å². The Morgan fingerprint density at radius 3 is 2.20 bits per heavy atom. The summed E-state index contributed by atoms with van der Waals surface area (Å²) in [5.41, 5.74) is 0.477. The van der Waals surface area contributed by atoms with Crippen LogP contribution in [-0.4, -0.2) is 25.5 Å². The Kier molecular flexibility index (Phi) is 6.57.